The smallest absolute Gasteiger partial charge is 0.270 e. The molecular formula is C23H16ClN3O5S. The van der Waals surface area contributed by atoms with Crippen molar-refractivity contribution in [2.45, 2.75) is 13.8 Å². The normalized spacial score (nSPS) is 15.2. The number of non-ortho nitro benzene ring substituents is 1. The van der Waals surface area contributed by atoms with Crippen LogP contribution in [-0.4, -0.2) is 21.9 Å². The van der Waals surface area contributed by atoms with E-state index >= 15 is 0 Å². The average Bonchev–Trinajstić information content (AvgIpc) is 3.22. The number of amides is 2. The van der Waals surface area contributed by atoms with Crippen LogP contribution in [0, 0.1) is 24.0 Å². The molecule has 166 valence electrons. The largest absolute Gasteiger partial charge is 0.457 e. The summed E-state index contributed by atoms with van der Waals surface area (Å²) in [6, 6.07) is 12.5. The number of hydrogen-bond acceptors (Lipinski definition) is 6. The van der Waals surface area contributed by atoms with Crippen LogP contribution in [0.1, 0.15) is 16.9 Å². The van der Waals surface area contributed by atoms with E-state index in [0.717, 1.165) is 11.1 Å². The maximum Gasteiger partial charge on any atom is 0.270 e. The molecule has 0 radical (unpaired) electrons. The third-order valence-electron chi connectivity index (χ3n) is 5.26. The molecular weight excluding hydrogens is 466 g/mol. The highest BCUT2D eigenvalue weighted by atomic mass is 35.5. The minimum atomic E-state index is -0.655. The fourth-order valence-corrected chi connectivity index (χ4v) is 3.87. The SMILES string of the molecule is Cc1cccc(N2C(=O)/C(=C/c3ccc(-c4cc([N+](=O)[O-])ccc4Cl)o3)C(=O)NC2=S)c1C. The van der Waals surface area contributed by atoms with E-state index in [1.54, 1.807) is 18.2 Å². The Morgan fingerprint density at radius 3 is 2.64 bits per heavy atom. The highest BCUT2D eigenvalue weighted by Crippen LogP contribution is 2.33. The summed E-state index contributed by atoms with van der Waals surface area (Å²) in [6.45, 7) is 3.77. The topological polar surface area (TPSA) is 106 Å². The van der Waals surface area contributed by atoms with Gasteiger partial charge in [-0.25, -0.2) is 0 Å². The number of carbonyl (C=O) groups excluding carboxylic acids is 2. The number of nitro benzene ring substituents is 1. The Hall–Kier alpha value is -3.82. The molecule has 0 saturated carbocycles. The zero-order chi connectivity index (χ0) is 23.9. The van der Waals surface area contributed by atoms with Crippen molar-refractivity contribution in [2.24, 2.45) is 0 Å². The summed E-state index contributed by atoms with van der Waals surface area (Å²) in [5.74, 6) is -0.803. The predicted molar refractivity (Wildman–Crippen MR) is 128 cm³/mol. The Balaban J connectivity index is 1.72. The minimum Gasteiger partial charge on any atom is -0.457 e. The highest BCUT2D eigenvalue weighted by molar-refractivity contribution is 7.80. The third-order valence-corrected chi connectivity index (χ3v) is 5.87. The molecule has 2 aromatic carbocycles. The van der Waals surface area contributed by atoms with Gasteiger partial charge >= 0.3 is 0 Å². The number of halogens is 1. The second kappa shape index (κ2) is 8.61. The Morgan fingerprint density at radius 1 is 1.15 bits per heavy atom. The minimum absolute atomic E-state index is 0.0145. The van der Waals surface area contributed by atoms with Crippen molar-refractivity contribution in [1.29, 1.82) is 0 Å². The van der Waals surface area contributed by atoms with Crippen LogP contribution < -0.4 is 10.2 Å². The van der Waals surface area contributed by atoms with Gasteiger partial charge in [-0.15, -0.1) is 0 Å². The van der Waals surface area contributed by atoms with Gasteiger partial charge in [0.15, 0.2) is 5.11 Å². The monoisotopic (exact) mass is 481 g/mol. The van der Waals surface area contributed by atoms with Crippen molar-refractivity contribution in [2.75, 3.05) is 4.90 Å². The molecule has 33 heavy (non-hydrogen) atoms. The number of hydrogen-bond donors (Lipinski definition) is 1. The van der Waals surface area contributed by atoms with Crippen LogP contribution in [0.2, 0.25) is 5.02 Å². The summed E-state index contributed by atoms with van der Waals surface area (Å²) in [4.78, 5) is 37.6. The van der Waals surface area contributed by atoms with E-state index in [-0.39, 0.29) is 32.9 Å². The molecule has 0 spiro atoms. The second-order valence-corrected chi connectivity index (χ2v) is 8.09. The number of nitrogens with zero attached hydrogens (tertiary/aromatic N) is 2. The van der Waals surface area contributed by atoms with E-state index in [1.165, 1.54) is 35.2 Å². The Labute approximate surface area is 198 Å². The maximum atomic E-state index is 13.2. The van der Waals surface area contributed by atoms with Gasteiger partial charge in [-0.1, -0.05) is 23.7 Å². The Kier molecular flexibility index (Phi) is 5.84. The molecule has 0 unspecified atom stereocenters. The first-order chi connectivity index (χ1) is 15.7. The number of furan rings is 1. The van der Waals surface area contributed by atoms with Crippen LogP contribution in [0.5, 0.6) is 0 Å². The first-order valence-electron chi connectivity index (χ1n) is 9.69. The Bertz CT molecular complexity index is 1380. The lowest BCUT2D eigenvalue weighted by molar-refractivity contribution is -0.384. The van der Waals surface area contributed by atoms with Crippen molar-refractivity contribution in [3.05, 3.63) is 86.1 Å². The molecule has 0 aliphatic carbocycles. The summed E-state index contributed by atoms with van der Waals surface area (Å²) >= 11 is 11.4. The lowest BCUT2D eigenvalue weighted by Crippen LogP contribution is -2.54. The van der Waals surface area contributed by atoms with Crippen molar-refractivity contribution < 1.29 is 18.9 Å². The lowest BCUT2D eigenvalue weighted by Gasteiger charge is -2.30. The second-order valence-electron chi connectivity index (χ2n) is 7.30. The molecule has 1 fully saturated rings. The fraction of sp³-hybridized carbons (Fsp3) is 0.0870. The number of benzene rings is 2. The average molecular weight is 482 g/mol. The van der Waals surface area contributed by atoms with Crippen LogP contribution in [-0.2, 0) is 9.59 Å². The van der Waals surface area contributed by atoms with Gasteiger partial charge in [0, 0.05) is 17.7 Å². The molecule has 3 aromatic rings. The first kappa shape index (κ1) is 22.4. The highest BCUT2D eigenvalue weighted by Gasteiger charge is 2.35. The summed E-state index contributed by atoms with van der Waals surface area (Å²) in [7, 11) is 0. The summed E-state index contributed by atoms with van der Waals surface area (Å²) in [6.07, 6.45) is 1.30. The molecule has 1 aliphatic heterocycles. The van der Waals surface area contributed by atoms with Crippen LogP contribution in [0.15, 0.2) is 58.5 Å². The van der Waals surface area contributed by atoms with E-state index in [1.807, 2.05) is 19.9 Å². The summed E-state index contributed by atoms with van der Waals surface area (Å²) in [5, 5.41) is 13.9. The van der Waals surface area contributed by atoms with Crippen LogP contribution in [0.3, 0.4) is 0 Å². The van der Waals surface area contributed by atoms with Crippen LogP contribution in [0.4, 0.5) is 11.4 Å². The van der Waals surface area contributed by atoms with Gasteiger partial charge in [0.2, 0.25) is 0 Å². The number of anilines is 1. The van der Waals surface area contributed by atoms with Crippen molar-refractivity contribution in [3.63, 3.8) is 0 Å². The summed E-state index contributed by atoms with van der Waals surface area (Å²) < 4.78 is 5.73. The molecule has 10 heteroatoms. The van der Waals surface area contributed by atoms with Gasteiger partial charge in [0.25, 0.3) is 17.5 Å². The standard InChI is InChI=1S/C23H16ClN3O5S/c1-12-4-3-5-19(13(12)2)26-22(29)17(21(28)25-23(26)33)11-15-7-9-20(32-15)16-10-14(27(30)31)6-8-18(16)24/h3-11H,1-2H3,(H,25,28,33)/b17-11+. The molecule has 4 rings (SSSR count). The van der Waals surface area contributed by atoms with Gasteiger partial charge in [-0.3, -0.25) is 29.9 Å². The van der Waals surface area contributed by atoms with E-state index in [4.69, 9.17) is 28.2 Å². The number of nitrogens with one attached hydrogen (secondary N) is 1. The molecule has 0 bridgehead atoms. The number of carbonyl (C=O) groups is 2. The number of aryl methyl sites for hydroxylation is 1. The molecule has 2 amide bonds. The zero-order valence-corrected chi connectivity index (χ0v) is 19.0. The van der Waals surface area contributed by atoms with Crippen molar-refractivity contribution in [3.8, 4) is 11.3 Å². The lowest BCUT2D eigenvalue weighted by atomic mass is 10.0. The van der Waals surface area contributed by atoms with Gasteiger partial charge in [0.1, 0.15) is 17.1 Å². The van der Waals surface area contributed by atoms with E-state index in [9.17, 15) is 19.7 Å². The molecule has 1 saturated heterocycles. The van der Waals surface area contributed by atoms with Gasteiger partial charge in [-0.2, -0.15) is 0 Å². The number of nitro groups is 1. The number of rotatable bonds is 4. The predicted octanol–water partition coefficient (Wildman–Crippen LogP) is 4.96. The maximum absolute atomic E-state index is 13.2. The quantitative estimate of drug-likeness (QED) is 0.186. The van der Waals surface area contributed by atoms with Gasteiger partial charge in [0.05, 0.1) is 15.6 Å². The van der Waals surface area contributed by atoms with Crippen LogP contribution in [0.25, 0.3) is 17.4 Å². The van der Waals surface area contributed by atoms with Crippen molar-refractivity contribution in [1.82, 2.24) is 5.32 Å². The molecule has 2 heterocycles. The van der Waals surface area contributed by atoms with Crippen LogP contribution >= 0.6 is 23.8 Å². The van der Waals surface area contributed by atoms with Gasteiger partial charge in [-0.05, 0) is 67.5 Å². The van der Waals surface area contributed by atoms with E-state index in [2.05, 4.69) is 5.32 Å². The first-order valence-corrected chi connectivity index (χ1v) is 10.5. The molecule has 8 nitrogen and oxygen atoms in total. The Morgan fingerprint density at radius 2 is 1.91 bits per heavy atom. The molecule has 0 atom stereocenters. The zero-order valence-electron chi connectivity index (χ0n) is 17.4. The number of thiocarbonyl (C=S) groups is 1. The van der Waals surface area contributed by atoms with E-state index in [0.29, 0.717) is 11.3 Å². The molecule has 1 aliphatic rings. The summed E-state index contributed by atoms with van der Waals surface area (Å²) in [5.41, 5.74) is 2.38. The molecule has 1 N–H and O–H groups in total. The fourth-order valence-electron chi connectivity index (χ4n) is 3.39. The van der Waals surface area contributed by atoms with Gasteiger partial charge < -0.3 is 4.42 Å². The molecule has 1 aromatic heterocycles. The third kappa shape index (κ3) is 4.15. The van der Waals surface area contributed by atoms with E-state index < -0.39 is 16.7 Å². The van der Waals surface area contributed by atoms with Crippen molar-refractivity contribution >= 4 is 58.2 Å².